The van der Waals surface area contributed by atoms with Crippen molar-refractivity contribution in [3.8, 4) is 0 Å². The molecule has 2 aliphatic rings. The summed E-state index contributed by atoms with van der Waals surface area (Å²) in [7, 11) is -3.43. The lowest BCUT2D eigenvalue weighted by atomic mass is 9.81. The number of fused-ring (bicyclic) bond motifs is 1. The van der Waals surface area contributed by atoms with Gasteiger partial charge in [-0.25, -0.2) is 12.8 Å². The molecular weight excluding hydrogens is 337 g/mol. The van der Waals surface area contributed by atoms with Gasteiger partial charge in [-0.05, 0) is 30.5 Å². The summed E-state index contributed by atoms with van der Waals surface area (Å²) < 4.78 is 40.7. The van der Waals surface area contributed by atoms with E-state index in [1.807, 2.05) is 6.07 Å². The van der Waals surface area contributed by atoms with Crippen LogP contribution in [0.5, 0.6) is 0 Å². The molecule has 132 valence electrons. The van der Waals surface area contributed by atoms with E-state index in [2.05, 4.69) is 5.32 Å². The second kappa shape index (κ2) is 6.22. The Labute approximate surface area is 148 Å². The molecule has 0 aromatic heterocycles. The Hall–Kier alpha value is -1.72. The summed E-state index contributed by atoms with van der Waals surface area (Å²) in [6.45, 7) is 0. The molecule has 0 bridgehead atoms. The highest BCUT2D eigenvalue weighted by molar-refractivity contribution is 7.91. The number of hydrogen-bond donors (Lipinski definition) is 1. The van der Waals surface area contributed by atoms with Crippen LogP contribution in [0.3, 0.4) is 0 Å². The number of halogens is 1. The van der Waals surface area contributed by atoms with Crippen LogP contribution in [0.2, 0.25) is 0 Å². The predicted octanol–water partition coefficient (Wildman–Crippen LogP) is 3.99. The largest absolute Gasteiger partial charge is 0.300 e. The van der Waals surface area contributed by atoms with Gasteiger partial charge in [-0.15, -0.1) is 0 Å². The zero-order chi connectivity index (χ0) is 17.5. The van der Waals surface area contributed by atoms with E-state index in [0.717, 1.165) is 32.1 Å². The molecule has 0 saturated heterocycles. The van der Waals surface area contributed by atoms with Crippen molar-refractivity contribution in [2.24, 2.45) is 0 Å². The fourth-order valence-electron chi connectivity index (χ4n) is 4.34. The van der Waals surface area contributed by atoms with Gasteiger partial charge in [-0.2, -0.15) is 0 Å². The minimum atomic E-state index is -3.43. The van der Waals surface area contributed by atoms with E-state index in [0.29, 0.717) is 16.0 Å². The third-order valence-electron chi connectivity index (χ3n) is 5.51. The van der Waals surface area contributed by atoms with Crippen LogP contribution in [0.1, 0.15) is 49.3 Å². The van der Waals surface area contributed by atoms with Gasteiger partial charge < -0.3 is 0 Å². The fourth-order valence-corrected chi connectivity index (χ4v) is 6.43. The van der Waals surface area contributed by atoms with Crippen LogP contribution in [-0.4, -0.2) is 19.7 Å². The maximum absolute atomic E-state index is 14.6. The Balaban J connectivity index is 1.92. The molecule has 1 fully saturated rings. The molecule has 4 rings (SSSR count). The van der Waals surface area contributed by atoms with Crippen molar-refractivity contribution in [1.82, 2.24) is 5.32 Å². The molecule has 1 unspecified atom stereocenters. The topological polar surface area (TPSA) is 46.2 Å². The number of hydrogen-bond acceptors (Lipinski definition) is 3. The van der Waals surface area contributed by atoms with Crippen LogP contribution in [-0.2, 0) is 9.84 Å². The summed E-state index contributed by atoms with van der Waals surface area (Å²) in [5, 5.41) is 3.58. The molecule has 2 aromatic rings. The molecular formula is C20H22FNO2S. The van der Waals surface area contributed by atoms with E-state index >= 15 is 0 Å². The first-order chi connectivity index (χ1) is 12.0. The Bertz CT molecular complexity index is 888. The molecule has 1 aliphatic heterocycles. The Morgan fingerprint density at radius 3 is 2.28 bits per heavy atom. The standard InChI is InChI=1S/C20H22FNO2S/c21-17-10-4-2-8-15(17)19-16-9-3-5-11-18(16)25(23,24)14-20(22-19)12-6-1-7-13-20/h2-5,8-11,19,22H,1,6-7,12-14H2. The quantitative estimate of drug-likeness (QED) is 0.837. The van der Waals surface area contributed by atoms with Crippen LogP contribution in [0.15, 0.2) is 53.4 Å². The third-order valence-corrected chi connectivity index (χ3v) is 7.48. The van der Waals surface area contributed by atoms with E-state index in [-0.39, 0.29) is 11.6 Å². The lowest BCUT2D eigenvalue weighted by Crippen LogP contribution is -2.51. The lowest BCUT2D eigenvalue weighted by molar-refractivity contribution is 0.242. The highest BCUT2D eigenvalue weighted by Crippen LogP contribution is 2.40. The smallest absolute Gasteiger partial charge is 0.180 e. The van der Waals surface area contributed by atoms with Crippen molar-refractivity contribution in [2.45, 2.75) is 48.6 Å². The van der Waals surface area contributed by atoms with Crippen molar-refractivity contribution in [2.75, 3.05) is 5.75 Å². The minimum absolute atomic E-state index is 0.0853. The van der Waals surface area contributed by atoms with Crippen LogP contribution >= 0.6 is 0 Å². The number of benzene rings is 2. The first kappa shape index (κ1) is 16.7. The number of rotatable bonds is 1. The monoisotopic (exact) mass is 359 g/mol. The average molecular weight is 359 g/mol. The zero-order valence-electron chi connectivity index (χ0n) is 14.0. The van der Waals surface area contributed by atoms with Gasteiger partial charge >= 0.3 is 0 Å². The van der Waals surface area contributed by atoms with Gasteiger partial charge in [0.25, 0.3) is 0 Å². The van der Waals surface area contributed by atoms with Crippen molar-refractivity contribution in [1.29, 1.82) is 0 Å². The molecule has 1 atom stereocenters. The van der Waals surface area contributed by atoms with E-state index in [1.54, 1.807) is 36.4 Å². The molecule has 1 N–H and O–H groups in total. The molecule has 2 aromatic carbocycles. The molecule has 25 heavy (non-hydrogen) atoms. The van der Waals surface area contributed by atoms with E-state index < -0.39 is 21.4 Å². The Morgan fingerprint density at radius 2 is 1.56 bits per heavy atom. The summed E-state index contributed by atoms with van der Waals surface area (Å²) in [4.78, 5) is 0.332. The fraction of sp³-hybridized carbons (Fsp3) is 0.400. The molecule has 3 nitrogen and oxygen atoms in total. The predicted molar refractivity (Wildman–Crippen MR) is 95.7 cm³/mol. The molecule has 5 heteroatoms. The van der Waals surface area contributed by atoms with E-state index in [1.165, 1.54) is 6.07 Å². The van der Waals surface area contributed by atoms with Crippen LogP contribution in [0, 0.1) is 5.82 Å². The number of nitrogens with one attached hydrogen (secondary N) is 1. The second-order valence-corrected chi connectivity index (χ2v) is 9.19. The first-order valence-electron chi connectivity index (χ1n) is 8.85. The summed E-state index contributed by atoms with van der Waals surface area (Å²) in [5.74, 6) is -0.220. The molecule has 1 aliphatic carbocycles. The third kappa shape index (κ3) is 3.00. The van der Waals surface area contributed by atoms with Gasteiger partial charge in [0.1, 0.15) is 5.82 Å². The van der Waals surface area contributed by atoms with Crippen LogP contribution < -0.4 is 5.32 Å². The first-order valence-corrected chi connectivity index (χ1v) is 10.5. The van der Waals surface area contributed by atoms with Crippen LogP contribution in [0.25, 0.3) is 0 Å². The van der Waals surface area contributed by atoms with Gasteiger partial charge in [0, 0.05) is 11.1 Å². The minimum Gasteiger partial charge on any atom is -0.300 e. The van der Waals surface area contributed by atoms with Crippen molar-refractivity contribution in [3.63, 3.8) is 0 Å². The highest BCUT2D eigenvalue weighted by Gasteiger charge is 2.43. The summed E-state index contributed by atoms with van der Waals surface area (Å²) in [5.41, 5.74) is 0.676. The van der Waals surface area contributed by atoms with Crippen LogP contribution in [0.4, 0.5) is 4.39 Å². The molecule has 0 radical (unpaired) electrons. The molecule has 1 heterocycles. The Kier molecular flexibility index (Phi) is 4.16. The number of sulfone groups is 1. The van der Waals surface area contributed by atoms with Crippen molar-refractivity contribution < 1.29 is 12.8 Å². The maximum atomic E-state index is 14.6. The average Bonchev–Trinajstić information content (AvgIpc) is 2.69. The molecule has 0 amide bonds. The van der Waals surface area contributed by atoms with E-state index in [9.17, 15) is 12.8 Å². The molecule has 1 spiro atoms. The SMILES string of the molecule is O=S1(=O)CC2(CCCCC2)NC(c2ccccc2F)c2ccccc21. The maximum Gasteiger partial charge on any atom is 0.180 e. The van der Waals surface area contributed by atoms with Gasteiger partial charge in [-0.1, -0.05) is 55.7 Å². The lowest BCUT2D eigenvalue weighted by Gasteiger charge is -2.39. The summed E-state index contributed by atoms with van der Waals surface area (Å²) in [6.07, 6.45) is 4.75. The van der Waals surface area contributed by atoms with Gasteiger partial charge in [0.15, 0.2) is 9.84 Å². The normalized spacial score (nSPS) is 24.4. The highest BCUT2D eigenvalue weighted by atomic mass is 32.2. The molecule has 1 saturated carbocycles. The van der Waals surface area contributed by atoms with Crippen molar-refractivity contribution in [3.05, 3.63) is 65.5 Å². The van der Waals surface area contributed by atoms with Crippen molar-refractivity contribution >= 4 is 9.84 Å². The van der Waals surface area contributed by atoms with Gasteiger partial charge in [-0.3, -0.25) is 5.32 Å². The zero-order valence-corrected chi connectivity index (χ0v) is 14.9. The second-order valence-electron chi connectivity index (χ2n) is 7.24. The van der Waals surface area contributed by atoms with Gasteiger partial charge in [0.2, 0.25) is 0 Å². The van der Waals surface area contributed by atoms with Gasteiger partial charge in [0.05, 0.1) is 16.7 Å². The summed E-state index contributed by atoms with van der Waals surface area (Å²) >= 11 is 0. The van der Waals surface area contributed by atoms with E-state index in [4.69, 9.17) is 0 Å². The Morgan fingerprint density at radius 1 is 0.920 bits per heavy atom. The summed E-state index contributed by atoms with van der Waals surface area (Å²) in [6, 6.07) is 13.2.